The van der Waals surface area contributed by atoms with Crippen LogP contribution in [0.1, 0.15) is 19.3 Å². The van der Waals surface area contributed by atoms with Crippen LogP contribution in [0.25, 0.3) is 0 Å². The number of piperidine rings is 1. The molecule has 1 aliphatic rings. The van der Waals surface area contributed by atoms with Crippen molar-refractivity contribution in [3.05, 3.63) is 29.8 Å². The van der Waals surface area contributed by atoms with Crippen molar-refractivity contribution in [3.8, 4) is 5.75 Å². The highest BCUT2D eigenvalue weighted by Gasteiger charge is 2.19. The van der Waals surface area contributed by atoms with E-state index in [4.69, 9.17) is 4.74 Å². The van der Waals surface area contributed by atoms with Crippen molar-refractivity contribution in [2.45, 2.75) is 25.3 Å². The van der Waals surface area contributed by atoms with Crippen molar-refractivity contribution in [3.63, 3.8) is 0 Å². The second-order valence-electron chi connectivity index (χ2n) is 4.72. The minimum atomic E-state index is -0.946. The van der Waals surface area contributed by atoms with Gasteiger partial charge in [0, 0.05) is 6.07 Å². The van der Waals surface area contributed by atoms with Crippen LogP contribution in [-0.4, -0.2) is 31.6 Å². The quantitative estimate of drug-likeness (QED) is 0.816. The number of hydrogen-bond acceptors (Lipinski definition) is 3. The highest BCUT2D eigenvalue weighted by Crippen LogP contribution is 2.15. The monoisotopic (exact) mass is 320 g/mol. The molecule has 1 amide bonds. The molecule has 1 heterocycles. The Bertz CT molecular complexity index is 468. The van der Waals surface area contributed by atoms with E-state index in [1.54, 1.807) is 0 Å². The van der Waals surface area contributed by atoms with Crippen LogP contribution in [0.15, 0.2) is 18.2 Å². The fourth-order valence-corrected chi connectivity index (χ4v) is 2.11. The van der Waals surface area contributed by atoms with Crippen LogP contribution in [0, 0.1) is 11.6 Å². The van der Waals surface area contributed by atoms with Gasteiger partial charge in [-0.1, -0.05) is 6.42 Å². The third-order valence-electron chi connectivity index (χ3n) is 3.19. The predicted octanol–water partition coefficient (Wildman–Crippen LogP) is 2.02. The Morgan fingerprint density at radius 1 is 1.33 bits per heavy atom. The Morgan fingerprint density at radius 2 is 2.14 bits per heavy atom. The Morgan fingerprint density at radius 3 is 2.81 bits per heavy atom. The van der Waals surface area contributed by atoms with Crippen LogP contribution in [0.2, 0.25) is 0 Å². The smallest absolute Gasteiger partial charge is 0.237 e. The van der Waals surface area contributed by atoms with Gasteiger partial charge in [0.25, 0.3) is 0 Å². The van der Waals surface area contributed by atoms with Gasteiger partial charge < -0.3 is 15.4 Å². The summed E-state index contributed by atoms with van der Waals surface area (Å²) in [5.74, 6) is -1.65. The van der Waals surface area contributed by atoms with E-state index in [9.17, 15) is 13.6 Å². The normalized spacial score (nSPS) is 17.7. The fraction of sp³-hybridized carbons (Fsp3) is 0.500. The highest BCUT2D eigenvalue weighted by molar-refractivity contribution is 5.85. The van der Waals surface area contributed by atoms with E-state index in [2.05, 4.69) is 10.6 Å². The van der Waals surface area contributed by atoms with Crippen LogP contribution >= 0.6 is 12.4 Å². The molecule has 7 heteroatoms. The maximum Gasteiger partial charge on any atom is 0.237 e. The van der Waals surface area contributed by atoms with E-state index in [-0.39, 0.29) is 36.7 Å². The number of amides is 1. The summed E-state index contributed by atoms with van der Waals surface area (Å²) >= 11 is 0. The van der Waals surface area contributed by atoms with Crippen molar-refractivity contribution in [2.24, 2.45) is 0 Å². The molecule has 0 bridgehead atoms. The van der Waals surface area contributed by atoms with Gasteiger partial charge in [0.05, 0.1) is 12.6 Å². The molecule has 2 rings (SSSR count). The van der Waals surface area contributed by atoms with Crippen molar-refractivity contribution in [1.82, 2.24) is 10.6 Å². The van der Waals surface area contributed by atoms with Gasteiger partial charge in [-0.2, -0.15) is 0 Å². The fourth-order valence-electron chi connectivity index (χ4n) is 2.11. The number of halogens is 3. The molecule has 0 aliphatic carbocycles. The van der Waals surface area contributed by atoms with E-state index in [1.165, 1.54) is 6.07 Å². The topological polar surface area (TPSA) is 50.4 Å². The molecule has 21 heavy (non-hydrogen) atoms. The lowest BCUT2D eigenvalue weighted by Crippen LogP contribution is -2.47. The first kappa shape index (κ1) is 17.7. The average Bonchev–Trinajstić information content (AvgIpc) is 2.48. The summed E-state index contributed by atoms with van der Waals surface area (Å²) in [6, 6.07) is 3.21. The van der Waals surface area contributed by atoms with Gasteiger partial charge in [-0.15, -0.1) is 12.4 Å². The Labute approximate surface area is 128 Å². The molecule has 0 spiro atoms. The number of benzene rings is 1. The van der Waals surface area contributed by atoms with E-state index in [0.29, 0.717) is 6.54 Å². The van der Waals surface area contributed by atoms with Crippen LogP contribution in [0.4, 0.5) is 8.78 Å². The van der Waals surface area contributed by atoms with Crippen LogP contribution in [-0.2, 0) is 4.79 Å². The molecule has 1 atom stereocenters. The van der Waals surface area contributed by atoms with Gasteiger partial charge in [-0.05, 0) is 31.5 Å². The second-order valence-corrected chi connectivity index (χ2v) is 4.72. The summed E-state index contributed by atoms with van der Waals surface area (Å²) in [7, 11) is 0. The highest BCUT2D eigenvalue weighted by atomic mass is 35.5. The molecule has 4 nitrogen and oxygen atoms in total. The van der Waals surface area contributed by atoms with Gasteiger partial charge >= 0.3 is 0 Å². The average molecular weight is 321 g/mol. The Hall–Kier alpha value is -1.40. The number of ether oxygens (including phenoxy) is 1. The first-order valence-electron chi connectivity index (χ1n) is 6.76. The summed E-state index contributed by atoms with van der Waals surface area (Å²) < 4.78 is 30.9. The minimum Gasteiger partial charge on any atom is -0.492 e. The number of hydrogen-bond donors (Lipinski definition) is 2. The summed E-state index contributed by atoms with van der Waals surface area (Å²) in [5, 5.41) is 5.90. The second kappa shape index (κ2) is 8.79. The van der Waals surface area contributed by atoms with Crippen molar-refractivity contribution in [1.29, 1.82) is 0 Å². The molecule has 1 aliphatic heterocycles. The lowest BCUT2D eigenvalue weighted by molar-refractivity contribution is -0.123. The summed E-state index contributed by atoms with van der Waals surface area (Å²) in [6.07, 6.45) is 3.00. The molecule has 118 valence electrons. The summed E-state index contributed by atoms with van der Waals surface area (Å²) in [5.41, 5.74) is 0. The maximum atomic E-state index is 12.9. The summed E-state index contributed by atoms with van der Waals surface area (Å²) in [4.78, 5) is 11.8. The zero-order valence-corrected chi connectivity index (χ0v) is 12.3. The molecule has 1 saturated heterocycles. The lowest BCUT2D eigenvalue weighted by Gasteiger charge is -2.22. The molecule has 2 N–H and O–H groups in total. The molecule has 1 aromatic carbocycles. The zero-order chi connectivity index (χ0) is 14.4. The van der Waals surface area contributed by atoms with E-state index >= 15 is 0 Å². The van der Waals surface area contributed by atoms with E-state index < -0.39 is 11.6 Å². The Kier molecular flexibility index (Phi) is 7.39. The van der Waals surface area contributed by atoms with Crippen molar-refractivity contribution in [2.75, 3.05) is 19.7 Å². The zero-order valence-electron chi connectivity index (χ0n) is 11.5. The van der Waals surface area contributed by atoms with Crippen LogP contribution < -0.4 is 15.4 Å². The molecular formula is C14H19ClF2N2O2. The first-order valence-corrected chi connectivity index (χ1v) is 6.76. The van der Waals surface area contributed by atoms with Crippen molar-refractivity contribution >= 4 is 18.3 Å². The minimum absolute atomic E-state index is 0. The maximum absolute atomic E-state index is 12.9. The molecule has 0 aromatic heterocycles. The van der Waals surface area contributed by atoms with Gasteiger partial charge in [-0.3, -0.25) is 4.79 Å². The standard InChI is InChI=1S/C14H18F2N2O2.ClH/c15-11-5-4-10(9-12(11)16)20-8-7-18-14(19)13-3-1-2-6-17-13;/h4-5,9,13,17H,1-3,6-8H2,(H,18,19);1H. The predicted molar refractivity (Wildman–Crippen MR) is 77.8 cm³/mol. The molecule has 1 aromatic rings. The van der Waals surface area contributed by atoms with E-state index in [0.717, 1.165) is 37.9 Å². The van der Waals surface area contributed by atoms with Gasteiger partial charge in [-0.25, -0.2) is 8.78 Å². The number of rotatable bonds is 5. The van der Waals surface area contributed by atoms with Crippen molar-refractivity contribution < 1.29 is 18.3 Å². The number of carbonyl (C=O) groups is 1. The first-order chi connectivity index (χ1) is 9.66. The third-order valence-corrected chi connectivity index (χ3v) is 3.19. The van der Waals surface area contributed by atoms with Crippen LogP contribution in [0.3, 0.4) is 0 Å². The number of nitrogens with one attached hydrogen (secondary N) is 2. The molecule has 1 unspecified atom stereocenters. The third kappa shape index (κ3) is 5.47. The van der Waals surface area contributed by atoms with Crippen LogP contribution in [0.5, 0.6) is 5.75 Å². The molecule has 0 saturated carbocycles. The molecule has 0 radical (unpaired) electrons. The number of carbonyl (C=O) groups excluding carboxylic acids is 1. The van der Waals surface area contributed by atoms with Gasteiger partial charge in [0.15, 0.2) is 11.6 Å². The van der Waals surface area contributed by atoms with Gasteiger partial charge in [0.2, 0.25) is 5.91 Å². The molecule has 1 fully saturated rings. The SMILES string of the molecule is Cl.O=C(NCCOc1ccc(F)c(F)c1)C1CCCCN1. The summed E-state index contributed by atoms with van der Waals surface area (Å²) in [6.45, 7) is 1.41. The largest absolute Gasteiger partial charge is 0.492 e. The Balaban J connectivity index is 0.00000220. The molecular weight excluding hydrogens is 302 g/mol. The van der Waals surface area contributed by atoms with Gasteiger partial charge in [0.1, 0.15) is 12.4 Å². The van der Waals surface area contributed by atoms with E-state index in [1.807, 2.05) is 0 Å². The lowest BCUT2D eigenvalue weighted by atomic mass is 10.0.